The van der Waals surface area contributed by atoms with Gasteiger partial charge in [0, 0.05) is 23.0 Å². The third-order valence-corrected chi connectivity index (χ3v) is 3.25. The molecule has 3 rings (SSSR count). The van der Waals surface area contributed by atoms with Crippen LogP contribution in [0.3, 0.4) is 0 Å². The van der Waals surface area contributed by atoms with E-state index >= 15 is 0 Å². The van der Waals surface area contributed by atoms with Crippen molar-refractivity contribution in [3.8, 4) is 5.75 Å². The second-order valence-electron chi connectivity index (χ2n) is 4.76. The van der Waals surface area contributed by atoms with Gasteiger partial charge >= 0.3 is 0 Å². The van der Waals surface area contributed by atoms with Gasteiger partial charge in [-0.25, -0.2) is 4.98 Å². The Bertz CT molecular complexity index is 784. The summed E-state index contributed by atoms with van der Waals surface area (Å²) in [4.78, 5) is 4.38. The lowest BCUT2D eigenvalue weighted by molar-refractivity contribution is 0.475. The number of rotatable bonds is 2. The minimum atomic E-state index is 0.253. The topological polar surface area (TPSA) is 71.2 Å². The molecule has 3 aromatic rings. The zero-order chi connectivity index (χ0) is 14.1. The van der Waals surface area contributed by atoms with Gasteiger partial charge in [0.2, 0.25) is 0 Å². The van der Waals surface area contributed by atoms with Gasteiger partial charge in [-0.3, -0.25) is 0 Å². The molecule has 0 amide bonds. The molecule has 1 aromatic heterocycles. The van der Waals surface area contributed by atoms with E-state index in [1.54, 1.807) is 18.3 Å². The first kappa shape index (κ1) is 12.3. The Morgan fingerprint density at radius 1 is 1.10 bits per heavy atom. The van der Waals surface area contributed by atoms with Crippen LogP contribution in [0.4, 0.5) is 17.2 Å². The Balaban J connectivity index is 2.08. The zero-order valence-electron chi connectivity index (χ0n) is 11.1. The number of benzene rings is 2. The van der Waals surface area contributed by atoms with Crippen LogP contribution in [0.2, 0.25) is 0 Å². The molecule has 4 heteroatoms. The number of pyridine rings is 1. The van der Waals surface area contributed by atoms with Crippen LogP contribution in [0, 0.1) is 6.92 Å². The Hall–Kier alpha value is -2.75. The Labute approximate surface area is 116 Å². The molecule has 0 unspecified atom stereocenters. The molecule has 20 heavy (non-hydrogen) atoms. The van der Waals surface area contributed by atoms with Crippen LogP contribution >= 0.6 is 0 Å². The number of nitrogen functional groups attached to an aromatic ring is 1. The molecule has 0 spiro atoms. The van der Waals surface area contributed by atoms with E-state index in [1.165, 1.54) is 0 Å². The Kier molecular flexibility index (Phi) is 2.91. The average molecular weight is 265 g/mol. The highest BCUT2D eigenvalue weighted by atomic mass is 16.3. The van der Waals surface area contributed by atoms with Crippen molar-refractivity contribution in [2.75, 3.05) is 11.1 Å². The number of nitrogens with zero attached hydrogens (tertiary/aromatic N) is 1. The summed E-state index contributed by atoms with van der Waals surface area (Å²) in [5, 5.41) is 14.8. The average Bonchev–Trinajstić information content (AvgIpc) is 2.42. The molecule has 0 aliphatic rings. The van der Waals surface area contributed by atoms with Crippen LogP contribution in [-0.2, 0) is 0 Å². The first-order valence-electron chi connectivity index (χ1n) is 6.34. The summed E-state index contributed by atoms with van der Waals surface area (Å²) in [6, 6.07) is 12.9. The van der Waals surface area contributed by atoms with Crippen molar-refractivity contribution in [3.05, 3.63) is 54.2 Å². The lowest BCUT2D eigenvalue weighted by atomic mass is 10.1. The van der Waals surface area contributed by atoms with E-state index in [4.69, 9.17) is 5.73 Å². The number of phenolic OH excluding ortho intramolecular Hbond substituents is 1. The van der Waals surface area contributed by atoms with Crippen LogP contribution in [-0.4, -0.2) is 10.1 Å². The summed E-state index contributed by atoms with van der Waals surface area (Å²) < 4.78 is 0. The number of aryl methyl sites for hydroxylation is 1. The van der Waals surface area contributed by atoms with E-state index in [1.807, 2.05) is 37.3 Å². The molecular formula is C16H15N3O. The van der Waals surface area contributed by atoms with Gasteiger partial charge in [0.05, 0.1) is 0 Å². The molecule has 0 aliphatic carbocycles. The van der Waals surface area contributed by atoms with E-state index in [0.717, 1.165) is 27.8 Å². The molecule has 4 N–H and O–H groups in total. The summed E-state index contributed by atoms with van der Waals surface area (Å²) in [6.07, 6.45) is 1.76. The molecule has 0 radical (unpaired) electrons. The first-order chi connectivity index (χ1) is 9.63. The standard InChI is InChI=1S/C16H15N3O/c1-10-8-13(20)4-5-15(10)19-16-14-9-12(17)3-2-11(14)6-7-18-16/h2-9,20H,17H2,1H3,(H,18,19). The highest BCUT2D eigenvalue weighted by Crippen LogP contribution is 2.28. The van der Waals surface area contributed by atoms with Gasteiger partial charge in [0.1, 0.15) is 11.6 Å². The highest BCUT2D eigenvalue weighted by Gasteiger charge is 2.05. The smallest absolute Gasteiger partial charge is 0.138 e. The molecule has 0 bridgehead atoms. The Morgan fingerprint density at radius 3 is 2.75 bits per heavy atom. The molecule has 0 aliphatic heterocycles. The number of phenols is 1. The minimum Gasteiger partial charge on any atom is -0.508 e. The van der Waals surface area contributed by atoms with Gasteiger partial charge in [0.15, 0.2) is 0 Å². The van der Waals surface area contributed by atoms with Gasteiger partial charge in [-0.1, -0.05) is 6.07 Å². The molecule has 2 aromatic carbocycles. The molecule has 100 valence electrons. The molecular weight excluding hydrogens is 250 g/mol. The fourth-order valence-corrected chi connectivity index (χ4v) is 2.20. The number of fused-ring (bicyclic) bond motifs is 1. The number of hydrogen-bond acceptors (Lipinski definition) is 4. The summed E-state index contributed by atoms with van der Waals surface area (Å²) in [5.41, 5.74) is 8.41. The lowest BCUT2D eigenvalue weighted by Gasteiger charge is -2.11. The summed E-state index contributed by atoms with van der Waals surface area (Å²) in [5.74, 6) is 1.01. The number of aromatic nitrogens is 1. The zero-order valence-corrected chi connectivity index (χ0v) is 11.1. The summed E-state index contributed by atoms with van der Waals surface area (Å²) in [7, 11) is 0. The largest absolute Gasteiger partial charge is 0.508 e. The summed E-state index contributed by atoms with van der Waals surface area (Å²) in [6.45, 7) is 1.93. The molecule has 1 heterocycles. The third-order valence-electron chi connectivity index (χ3n) is 3.25. The van der Waals surface area contributed by atoms with Crippen molar-refractivity contribution < 1.29 is 5.11 Å². The fraction of sp³-hybridized carbons (Fsp3) is 0.0625. The second kappa shape index (κ2) is 4.74. The van der Waals surface area contributed by atoms with Crippen LogP contribution in [0.5, 0.6) is 5.75 Å². The van der Waals surface area contributed by atoms with Gasteiger partial charge < -0.3 is 16.2 Å². The van der Waals surface area contributed by atoms with E-state index < -0.39 is 0 Å². The summed E-state index contributed by atoms with van der Waals surface area (Å²) >= 11 is 0. The number of aromatic hydroxyl groups is 1. The predicted molar refractivity (Wildman–Crippen MR) is 82.3 cm³/mol. The SMILES string of the molecule is Cc1cc(O)ccc1Nc1nccc2ccc(N)cc12. The van der Waals surface area contributed by atoms with E-state index in [-0.39, 0.29) is 5.75 Å². The quantitative estimate of drug-likeness (QED) is 0.489. The fourth-order valence-electron chi connectivity index (χ4n) is 2.20. The van der Waals surface area contributed by atoms with Crippen molar-refractivity contribution in [1.82, 2.24) is 4.98 Å². The number of nitrogens with two attached hydrogens (primary N) is 1. The third kappa shape index (κ3) is 2.23. The van der Waals surface area contributed by atoms with Crippen LogP contribution in [0.15, 0.2) is 48.7 Å². The second-order valence-corrected chi connectivity index (χ2v) is 4.76. The van der Waals surface area contributed by atoms with Crippen LogP contribution in [0.25, 0.3) is 10.8 Å². The number of anilines is 3. The van der Waals surface area contributed by atoms with E-state index in [0.29, 0.717) is 5.69 Å². The maximum atomic E-state index is 9.45. The van der Waals surface area contributed by atoms with E-state index in [2.05, 4.69) is 10.3 Å². The number of hydrogen-bond donors (Lipinski definition) is 3. The molecule has 0 saturated heterocycles. The molecule has 0 atom stereocenters. The van der Waals surface area contributed by atoms with Crippen LogP contribution in [0.1, 0.15) is 5.56 Å². The monoisotopic (exact) mass is 265 g/mol. The van der Waals surface area contributed by atoms with E-state index in [9.17, 15) is 5.11 Å². The predicted octanol–water partition coefficient (Wildman–Crippen LogP) is 3.57. The van der Waals surface area contributed by atoms with Gasteiger partial charge in [0.25, 0.3) is 0 Å². The molecule has 0 fully saturated rings. The maximum absolute atomic E-state index is 9.45. The first-order valence-corrected chi connectivity index (χ1v) is 6.34. The van der Waals surface area contributed by atoms with Crippen molar-refractivity contribution in [1.29, 1.82) is 0 Å². The van der Waals surface area contributed by atoms with Crippen molar-refractivity contribution in [2.45, 2.75) is 6.92 Å². The van der Waals surface area contributed by atoms with Crippen molar-refractivity contribution in [3.63, 3.8) is 0 Å². The van der Waals surface area contributed by atoms with Gasteiger partial charge in [-0.2, -0.15) is 0 Å². The normalized spacial score (nSPS) is 10.7. The molecule has 0 saturated carbocycles. The van der Waals surface area contributed by atoms with Crippen molar-refractivity contribution in [2.24, 2.45) is 0 Å². The van der Waals surface area contributed by atoms with Crippen molar-refractivity contribution >= 4 is 28.0 Å². The highest BCUT2D eigenvalue weighted by molar-refractivity contribution is 5.95. The minimum absolute atomic E-state index is 0.253. The molecule has 4 nitrogen and oxygen atoms in total. The lowest BCUT2D eigenvalue weighted by Crippen LogP contribution is -1.97. The Morgan fingerprint density at radius 2 is 1.95 bits per heavy atom. The van der Waals surface area contributed by atoms with Crippen LogP contribution < -0.4 is 11.1 Å². The van der Waals surface area contributed by atoms with Gasteiger partial charge in [-0.15, -0.1) is 0 Å². The van der Waals surface area contributed by atoms with Gasteiger partial charge in [-0.05, 0) is 54.3 Å². The number of nitrogens with one attached hydrogen (secondary N) is 1. The maximum Gasteiger partial charge on any atom is 0.138 e.